The molecule has 7 heteroatoms. The predicted octanol–water partition coefficient (Wildman–Crippen LogP) is 1.55. The Morgan fingerprint density at radius 1 is 1.09 bits per heavy atom. The van der Waals surface area contributed by atoms with Crippen LogP contribution in [0, 0.1) is 0 Å². The number of nitrogens with zero attached hydrogens (tertiary/aromatic N) is 2. The maximum absolute atomic E-state index is 12.4. The van der Waals surface area contributed by atoms with Crippen LogP contribution in [0.3, 0.4) is 0 Å². The van der Waals surface area contributed by atoms with E-state index in [2.05, 4.69) is 10.6 Å². The summed E-state index contributed by atoms with van der Waals surface area (Å²) in [4.78, 5) is 14.2. The fourth-order valence-electron chi connectivity index (χ4n) is 2.31. The zero-order chi connectivity index (χ0) is 15.9. The van der Waals surface area contributed by atoms with Gasteiger partial charge in [0.05, 0.1) is 21.3 Å². The largest absolute Gasteiger partial charge is 0.496 e. The molecule has 1 saturated heterocycles. The van der Waals surface area contributed by atoms with Gasteiger partial charge in [0, 0.05) is 38.3 Å². The van der Waals surface area contributed by atoms with Crippen molar-refractivity contribution in [3.05, 3.63) is 12.1 Å². The van der Waals surface area contributed by atoms with Crippen LogP contribution >= 0.6 is 0 Å². The van der Waals surface area contributed by atoms with Crippen molar-refractivity contribution in [2.75, 3.05) is 52.8 Å². The van der Waals surface area contributed by atoms with Crippen molar-refractivity contribution in [3.8, 4) is 17.2 Å². The quantitative estimate of drug-likeness (QED) is 0.916. The molecule has 1 radical (unpaired) electrons. The van der Waals surface area contributed by atoms with Crippen molar-refractivity contribution >= 4 is 11.7 Å². The number of anilines is 1. The van der Waals surface area contributed by atoms with Crippen molar-refractivity contribution in [3.63, 3.8) is 0 Å². The Balaban J connectivity index is 2.21. The zero-order valence-electron chi connectivity index (χ0n) is 13.2. The molecule has 2 rings (SSSR count). The number of hydrogen-bond donors (Lipinski definition) is 1. The highest BCUT2D eigenvalue weighted by atomic mass is 16.5. The summed E-state index contributed by atoms with van der Waals surface area (Å²) in [5, 5.41) is 7.18. The molecule has 0 aromatic heterocycles. The Hall–Kier alpha value is -2.15. The van der Waals surface area contributed by atoms with Gasteiger partial charge in [0.1, 0.15) is 22.9 Å². The number of carbonyl (C=O) groups excluding carboxylic acids is 1. The average Bonchev–Trinajstić information content (AvgIpc) is 2.84. The van der Waals surface area contributed by atoms with Gasteiger partial charge in [-0.15, -0.1) is 0 Å². The van der Waals surface area contributed by atoms with Gasteiger partial charge >= 0.3 is 6.03 Å². The normalized spacial score (nSPS) is 15.0. The van der Waals surface area contributed by atoms with Crippen molar-refractivity contribution < 1.29 is 19.0 Å². The van der Waals surface area contributed by atoms with Crippen LogP contribution in [0.2, 0.25) is 0 Å². The standard InChI is InChI=1S/C15H22N3O4/c1-20-11-9-12(21-2)14(13(10-11)22-3)17-15(19)18-7-4-5-16-6-8-18/h9-10H,4-8H2,1-3H3,(H,17,19). The molecule has 22 heavy (non-hydrogen) atoms. The molecule has 0 bridgehead atoms. The van der Waals surface area contributed by atoms with Crippen LogP contribution in [0.4, 0.5) is 10.5 Å². The smallest absolute Gasteiger partial charge is 0.322 e. The summed E-state index contributed by atoms with van der Waals surface area (Å²) in [5.41, 5.74) is 0.497. The van der Waals surface area contributed by atoms with E-state index in [0.29, 0.717) is 42.6 Å². The topological polar surface area (TPSA) is 74.1 Å². The minimum atomic E-state index is -0.182. The molecule has 1 fully saturated rings. The molecule has 1 aliphatic heterocycles. The minimum Gasteiger partial charge on any atom is -0.496 e. The second-order valence-electron chi connectivity index (χ2n) is 4.85. The summed E-state index contributed by atoms with van der Waals surface area (Å²) >= 11 is 0. The lowest BCUT2D eigenvalue weighted by atomic mass is 10.2. The fourth-order valence-corrected chi connectivity index (χ4v) is 2.31. The molecule has 0 aliphatic carbocycles. The maximum Gasteiger partial charge on any atom is 0.322 e. The average molecular weight is 308 g/mol. The number of carbonyl (C=O) groups is 1. The third-order valence-electron chi connectivity index (χ3n) is 3.51. The molecule has 0 spiro atoms. The van der Waals surface area contributed by atoms with Gasteiger partial charge in [-0.3, -0.25) is 0 Å². The van der Waals surface area contributed by atoms with Crippen LogP contribution in [-0.4, -0.2) is 58.4 Å². The third kappa shape index (κ3) is 3.73. The first-order chi connectivity index (χ1) is 10.7. The number of hydrogen-bond acceptors (Lipinski definition) is 4. The second kappa shape index (κ2) is 7.74. The first kappa shape index (κ1) is 16.2. The SMILES string of the molecule is COc1cc(OC)c(NC(=O)N2CCC[N]CC2)c(OC)c1. The Kier molecular flexibility index (Phi) is 5.71. The predicted molar refractivity (Wildman–Crippen MR) is 83.2 cm³/mol. The summed E-state index contributed by atoms with van der Waals surface area (Å²) < 4.78 is 15.9. The molecule has 1 heterocycles. The van der Waals surface area contributed by atoms with E-state index in [9.17, 15) is 4.79 Å². The lowest BCUT2D eigenvalue weighted by molar-refractivity contribution is 0.215. The van der Waals surface area contributed by atoms with Crippen LogP contribution in [0.1, 0.15) is 6.42 Å². The highest BCUT2D eigenvalue weighted by Gasteiger charge is 2.20. The summed E-state index contributed by atoms with van der Waals surface area (Å²) in [6.45, 7) is 2.78. The molecular weight excluding hydrogens is 286 g/mol. The van der Waals surface area contributed by atoms with E-state index in [4.69, 9.17) is 14.2 Å². The van der Waals surface area contributed by atoms with Gasteiger partial charge < -0.3 is 24.4 Å². The van der Waals surface area contributed by atoms with E-state index in [0.717, 1.165) is 13.0 Å². The summed E-state index contributed by atoms with van der Waals surface area (Å²) in [6.07, 6.45) is 0.879. The number of amides is 2. The Labute approximate surface area is 130 Å². The summed E-state index contributed by atoms with van der Waals surface area (Å²) in [7, 11) is 4.64. The number of rotatable bonds is 4. The third-order valence-corrected chi connectivity index (χ3v) is 3.51. The van der Waals surface area contributed by atoms with E-state index in [1.54, 1.807) is 24.1 Å². The van der Waals surface area contributed by atoms with Crippen LogP contribution < -0.4 is 24.8 Å². The van der Waals surface area contributed by atoms with Crippen LogP contribution in [0.5, 0.6) is 17.2 Å². The van der Waals surface area contributed by atoms with E-state index in [1.807, 2.05) is 0 Å². The van der Waals surface area contributed by atoms with Crippen LogP contribution in [0.15, 0.2) is 12.1 Å². The highest BCUT2D eigenvalue weighted by Crippen LogP contribution is 2.39. The molecule has 0 unspecified atom stereocenters. The highest BCUT2D eigenvalue weighted by molar-refractivity contribution is 5.93. The van der Waals surface area contributed by atoms with Gasteiger partial charge in [-0.25, -0.2) is 10.1 Å². The van der Waals surface area contributed by atoms with Crippen molar-refractivity contribution in [2.45, 2.75) is 6.42 Å². The molecule has 1 N–H and O–H groups in total. The van der Waals surface area contributed by atoms with Crippen molar-refractivity contribution in [1.82, 2.24) is 10.2 Å². The molecule has 1 aliphatic rings. The lowest BCUT2D eigenvalue weighted by Gasteiger charge is -2.22. The minimum absolute atomic E-state index is 0.182. The fraction of sp³-hybridized carbons (Fsp3) is 0.533. The lowest BCUT2D eigenvalue weighted by Crippen LogP contribution is -2.37. The molecular formula is C15H22N3O4. The summed E-state index contributed by atoms with van der Waals surface area (Å²) in [6, 6.07) is 3.23. The molecule has 121 valence electrons. The second-order valence-corrected chi connectivity index (χ2v) is 4.85. The van der Waals surface area contributed by atoms with Crippen LogP contribution in [-0.2, 0) is 0 Å². The molecule has 2 amide bonds. The maximum atomic E-state index is 12.4. The zero-order valence-corrected chi connectivity index (χ0v) is 13.2. The summed E-state index contributed by atoms with van der Waals surface area (Å²) in [5.74, 6) is 1.58. The van der Waals surface area contributed by atoms with E-state index in [-0.39, 0.29) is 6.03 Å². The monoisotopic (exact) mass is 308 g/mol. The number of benzene rings is 1. The van der Waals surface area contributed by atoms with E-state index < -0.39 is 0 Å². The molecule has 1 aromatic carbocycles. The van der Waals surface area contributed by atoms with Gasteiger partial charge in [-0.05, 0) is 6.42 Å². The Morgan fingerprint density at radius 3 is 2.36 bits per heavy atom. The Morgan fingerprint density at radius 2 is 1.77 bits per heavy atom. The van der Waals surface area contributed by atoms with E-state index in [1.165, 1.54) is 14.2 Å². The first-order valence-corrected chi connectivity index (χ1v) is 7.18. The van der Waals surface area contributed by atoms with Crippen LogP contribution in [0.25, 0.3) is 0 Å². The first-order valence-electron chi connectivity index (χ1n) is 7.18. The van der Waals surface area contributed by atoms with Gasteiger partial charge in [0.2, 0.25) is 0 Å². The van der Waals surface area contributed by atoms with Crippen molar-refractivity contribution in [1.29, 1.82) is 0 Å². The van der Waals surface area contributed by atoms with Gasteiger partial charge in [0.25, 0.3) is 0 Å². The molecule has 7 nitrogen and oxygen atoms in total. The van der Waals surface area contributed by atoms with Gasteiger partial charge in [0.15, 0.2) is 0 Å². The van der Waals surface area contributed by atoms with Crippen molar-refractivity contribution in [2.24, 2.45) is 0 Å². The number of methoxy groups -OCH3 is 3. The number of urea groups is 1. The Bertz CT molecular complexity index is 489. The van der Waals surface area contributed by atoms with Gasteiger partial charge in [-0.2, -0.15) is 0 Å². The van der Waals surface area contributed by atoms with Gasteiger partial charge in [-0.1, -0.05) is 0 Å². The molecule has 1 aromatic rings. The van der Waals surface area contributed by atoms with E-state index >= 15 is 0 Å². The molecule has 0 saturated carbocycles. The number of nitrogens with one attached hydrogen (secondary N) is 1. The number of ether oxygens (including phenoxy) is 3. The molecule has 0 atom stereocenters.